The Bertz CT molecular complexity index is 1180. The number of ether oxygens (including phenoxy) is 1. The summed E-state index contributed by atoms with van der Waals surface area (Å²) in [5.74, 6) is 0.712. The molecule has 150 valence electrons. The van der Waals surface area contributed by atoms with Crippen LogP contribution in [-0.2, 0) is 0 Å². The van der Waals surface area contributed by atoms with Gasteiger partial charge in [0.15, 0.2) is 0 Å². The van der Waals surface area contributed by atoms with Crippen molar-refractivity contribution in [3.63, 3.8) is 0 Å². The van der Waals surface area contributed by atoms with E-state index in [1.165, 1.54) is 12.1 Å². The summed E-state index contributed by atoms with van der Waals surface area (Å²) in [6, 6.07) is 19.9. The molecule has 0 saturated heterocycles. The average molecular weight is 485 g/mol. The van der Waals surface area contributed by atoms with E-state index >= 15 is 0 Å². The molecule has 2 aliphatic rings. The molecule has 0 unspecified atom stereocenters. The molecule has 8 heteroatoms. The molecule has 0 N–H and O–H groups in total. The van der Waals surface area contributed by atoms with E-state index in [4.69, 9.17) is 21.4 Å². The van der Waals surface area contributed by atoms with Crippen molar-refractivity contribution < 1.29 is 9.66 Å². The molecule has 3 aromatic carbocycles. The van der Waals surface area contributed by atoms with Crippen LogP contribution >= 0.6 is 27.5 Å². The van der Waals surface area contributed by atoms with Crippen LogP contribution in [0.4, 0.5) is 5.69 Å². The second-order valence-corrected chi connectivity index (χ2v) is 8.51. The fourth-order valence-electron chi connectivity index (χ4n) is 3.89. The van der Waals surface area contributed by atoms with Crippen LogP contribution in [0.2, 0.25) is 5.02 Å². The third kappa shape index (κ3) is 3.34. The lowest BCUT2D eigenvalue weighted by atomic mass is 9.96. The number of rotatable bonds is 3. The molecule has 30 heavy (non-hydrogen) atoms. The van der Waals surface area contributed by atoms with Crippen LogP contribution in [0.25, 0.3) is 0 Å². The van der Waals surface area contributed by atoms with Gasteiger partial charge in [-0.1, -0.05) is 51.8 Å². The Morgan fingerprint density at radius 3 is 2.70 bits per heavy atom. The summed E-state index contributed by atoms with van der Waals surface area (Å²) >= 11 is 9.72. The Labute approximate surface area is 186 Å². The van der Waals surface area contributed by atoms with Crippen molar-refractivity contribution in [2.45, 2.75) is 18.7 Å². The first-order valence-corrected chi connectivity index (χ1v) is 10.5. The number of fused-ring (bicyclic) bond motifs is 3. The third-order valence-electron chi connectivity index (χ3n) is 5.30. The summed E-state index contributed by atoms with van der Waals surface area (Å²) < 4.78 is 7.25. The number of hydrogen-bond donors (Lipinski definition) is 0. The van der Waals surface area contributed by atoms with Gasteiger partial charge in [-0.3, -0.25) is 10.1 Å². The first kappa shape index (κ1) is 19.1. The van der Waals surface area contributed by atoms with E-state index in [2.05, 4.69) is 15.9 Å². The van der Waals surface area contributed by atoms with E-state index in [9.17, 15) is 10.1 Å². The molecule has 2 heterocycles. The minimum Gasteiger partial charge on any atom is -0.464 e. The molecule has 6 nitrogen and oxygen atoms in total. The Balaban J connectivity index is 1.60. The molecule has 0 radical (unpaired) electrons. The van der Waals surface area contributed by atoms with Gasteiger partial charge in [-0.05, 0) is 35.9 Å². The van der Waals surface area contributed by atoms with Crippen LogP contribution in [0.5, 0.6) is 5.75 Å². The highest BCUT2D eigenvalue weighted by Gasteiger charge is 2.41. The van der Waals surface area contributed by atoms with E-state index in [-0.39, 0.29) is 11.7 Å². The number of nitrogens with zero attached hydrogens (tertiary/aromatic N) is 3. The maximum atomic E-state index is 11.3. The van der Waals surface area contributed by atoms with Gasteiger partial charge in [0.25, 0.3) is 5.69 Å². The van der Waals surface area contributed by atoms with Crippen molar-refractivity contribution in [2.75, 3.05) is 0 Å². The maximum absolute atomic E-state index is 11.3. The van der Waals surface area contributed by atoms with Crippen molar-refractivity contribution in [3.05, 3.63) is 103 Å². The first-order valence-electron chi connectivity index (χ1n) is 9.32. The minimum atomic E-state index is -0.573. The monoisotopic (exact) mass is 483 g/mol. The van der Waals surface area contributed by atoms with E-state index in [1.807, 2.05) is 47.5 Å². The molecule has 0 bridgehead atoms. The SMILES string of the molecule is O=[N+]([O-])c1cccc([C@H]2Oc3ccc(Cl)cc3[C@@H]3CC(c4ccc(Br)cc4)=NN23)c1. The summed E-state index contributed by atoms with van der Waals surface area (Å²) in [6.07, 6.45) is 0.112. The topological polar surface area (TPSA) is 68.0 Å². The minimum absolute atomic E-state index is 0.0193. The van der Waals surface area contributed by atoms with E-state index in [1.54, 1.807) is 12.1 Å². The van der Waals surface area contributed by atoms with Crippen LogP contribution in [-0.4, -0.2) is 15.6 Å². The molecule has 2 aliphatic heterocycles. The Morgan fingerprint density at radius 2 is 1.93 bits per heavy atom. The zero-order valence-corrected chi connectivity index (χ0v) is 17.9. The maximum Gasteiger partial charge on any atom is 0.269 e. The summed E-state index contributed by atoms with van der Waals surface area (Å²) in [6.45, 7) is 0. The fourth-order valence-corrected chi connectivity index (χ4v) is 4.33. The number of hydrazone groups is 1. The van der Waals surface area contributed by atoms with Crippen molar-refractivity contribution in [3.8, 4) is 5.75 Å². The highest BCUT2D eigenvalue weighted by Crippen LogP contribution is 2.48. The highest BCUT2D eigenvalue weighted by atomic mass is 79.9. The Kier molecular flexibility index (Phi) is 4.72. The van der Waals surface area contributed by atoms with E-state index < -0.39 is 11.2 Å². The summed E-state index contributed by atoms with van der Waals surface area (Å²) in [4.78, 5) is 10.9. The lowest BCUT2D eigenvalue weighted by Crippen LogP contribution is -2.33. The predicted octanol–water partition coefficient (Wildman–Crippen LogP) is 6.25. The lowest BCUT2D eigenvalue weighted by molar-refractivity contribution is -0.385. The molecule has 0 amide bonds. The van der Waals surface area contributed by atoms with E-state index in [0.29, 0.717) is 22.8 Å². The normalized spacial score (nSPS) is 19.5. The van der Waals surface area contributed by atoms with Crippen LogP contribution < -0.4 is 4.74 Å². The van der Waals surface area contributed by atoms with E-state index in [0.717, 1.165) is 21.3 Å². The largest absolute Gasteiger partial charge is 0.464 e. The number of benzene rings is 3. The van der Waals surface area contributed by atoms with Crippen molar-refractivity contribution in [1.82, 2.24) is 5.01 Å². The fraction of sp³-hybridized carbons (Fsp3) is 0.136. The van der Waals surface area contributed by atoms with Crippen molar-refractivity contribution in [1.29, 1.82) is 0 Å². The molecule has 0 aromatic heterocycles. The summed E-state index contributed by atoms with van der Waals surface area (Å²) in [7, 11) is 0. The van der Waals surface area contributed by atoms with Crippen LogP contribution in [0.3, 0.4) is 0 Å². The Hall–Kier alpha value is -2.90. The number of halogens is 2. The quantitative estimate of drug-likeness (QED) is 0.325. The predicted molar refractivity (Wildman–Crippen MR) is 118 cm³/mol. The number of nitro groups is 1. The molecule has 0 spiro atoms. The number of nitro benzene ring substituents is 1. The van der Waals surface area contributed by atoms with Gasteiger partial charge in [-0.2, -0.15) is 5.10 Å². The molecule has 0 saturated carbocycles. The van der Waals surface area contributed by atoms with Gasteiger partial charge in [-0.15, -0.1) is 0 Å². The molecular weight excluding hydrogens is 470 g/mol. The zero-order valence-electron chi connectivity index (χ0n) is 15.5. The van der Waals surface area contributed by atoms with Crippen LogP contribution in [0.15, 0.2) is 76.3 Å². The van der Waals surface area contributed by atoms with Crippen LogP contribution in [0.1, 0.15) is 35.4 Å². The van der Waals surface area contributed by atoms with Crippen molar-refractivity contribution >= 4 is 38.9 Å². The smallest absolute Gasteiger partial charge is 0.269 e. The van der Waals surface area contributed by atoms with Gasteiger partial charge in [0.1, 0.15) is 5.75 Å². The summed E-state index contributed by atoms with van der Waals surface area (Å²) in [5.41, 5.74) is 3.61. The highest BCUT2D eigenvalue weighted by molar-refractivity contribution is 9.10. The summed E-state index contributed by atoms with van der Waals surface area (Å²) in [5, 5.41) is 18.6. The first-order chi connectivity index (χ1) is 14.5. The lowest BCUT2D eigenvalue weighted by Gasteiger charge is -2.38. The second-order valence-electron chi connectivity index (χ2n) is 7.16. The van der Waals surface area contributed by atoms with Gasteiger partial charge < -0.3 is 4.74 Å². The molecule has 0 fully saturated rings. The van der Waals surface area contributed by atoms with Gasteiger partial charge in [-0.25, -0.2) is 5.01 Å². The molecule has 5 rings (SSSR count). The van der Waals surface area contributed by atoms with Crippen molar-refractivity contribution in [2.24, 2.45) is 5.10 Å². The molecular formula is C22H15BrClN3O3. The molecule has 2 atom stereocenters. The molecule has 3 aromatic rings. The van der Waals surface area contributed by atoms with Gasteiger partial charge in [0, 0.05) is 39.2 Å². The number of non-ortho nitro benzene ring substituents is 1. The average Bonchev–Trinajstić information content (AvgIpc) is 3.19. The van der Waals surface area contributed by atoms with Gasteiger partial charge in [0.05, 0.1) is 16.7 Å². The Morgan fingerprint density at radius 1 is 1.13 bits per heavy atom. The zero-order chi connectivity index (χ0) is 20.8. The van der Waals surface area contributed by atoms with Crippen LogP contribution in [0, 0.1) is 10.1 Å². The molecule has 0 aliphatic carbocycles. The van der Waals surface area contributed by atoms with Gasteiger partial charge >= 0.3 is 0 Å². The number of hydrogen-bond acceptors (Lipinski definition) is 5. The van der Waals surface area contributed by atoms with Gasteiger partial charge in [0.2, 0.25) is 6.23 Å². The standard InChI is InChI=1S/C22H15BrClN3O3/c23-15-6-4-13(5-7-15)19-12-20-18-11-16(24)8-9-21(18)30-22(26(20)25-19)14-2-1-3-17(10-14)27(28)29/h1-11,20,22H,12H2/t20-,22+/m0/s1. The second kappa shape index (κ2) is 7.41. The third-order valence-corrected chi connectivity index (χ3v) is 6.06.